The van der Waals surface area contributed by atoms with Crippen LogP contribution in [0, 0.1) is 0 Å². The molecule has 0 aromatic heterocycles. The number of hydrogen-bond donors (Lipinski definition) is 1. The summed E-state index contributed by atoms with van der Waals surface area (Å²) in [5.41, 5.74) is 1.09. The molecular weight excluding hydrogens is 318 g/mol. The van der Waals surface area contributed by atoms with Crippen molar-refractivity contribution in [2.75, 3.05) is 27.4 Å². The third-order valence-corrected chi connectivity index (χ3v) is 3.79. The lowest BCUT2D eigenvalue weighted by molar-refractivity contribution is -0.121. The van der Waals surface area contributed by atoms with Gasteiger partial charge in [-0.2, -0.15) is 0 Å². The molecule has 0 saturated heterocycles. The standard InChI is InChI=1S/C20H25NO4/c1-23-17-9-11-18(12-10-17)25-15-5-8-20(22)21-14-13-16-6-3-4-7-19(16)24-2/h3-4,6-7,9-12H,5,8,13-15H2,1-2H3,(H,21,22). The van der Waals surface area contributed by atoms with Crippen LogP contribution >= 0.6 is 0 Å². The molecule has 0 aliphatic heterocycles. The van der Waals surface area contributed by atoms with Gasteiger partial charge in [-0.25, -0.2) is 0 Å². The molecule has 0 radical (unpaired) electrons. The average Bonchev–Trinajstić information content (AvgIpc) is 2.66. The summed E-state index contributed by atoms with van der Waals surface area (Å²) in [5, 5.41) is 2.93. The van der Waals surface area contributed by atoms with Gasteiger partial charge in [-0.05, 0) is 48.7 Å². The fourth-order valence-corrected chi connectivity index (χ4v) is 2.43. The average molecular weight is 343 g/mol. The van der Waals surface area contributed by atoms with Crippen molar-refractivity contribution in [3.8, 4) is 17.2 Å². The van der Waals surface area contributed by atoms with E-state index >= 15 is 0 Å². The second-order valence-corrected chi connectivity index (χ2v) is 5.54. The van der Waals surface area contributed by atoms with E-state index in [0.717, 1.165) is 29.2 Å². The van der Waals surface area contributed by atoms with E-state index in [1.807, 2.05) is 48.5 Å². The van der Waals surface area contributed by atoms with E-state index in [2.05, 4.69) is 5.32 Å². The van der Waals surface area contributed by atoms with Crippen molar-refractivity contribution in [3.63, 3.8) is 0 Å². The topological polar surface area (TPSA) is 56.8 Å². The molecule has 0 aliphatic rings. The van der Waals surface area contributed by atoms with Gasteiger partial charge in [0.2, 0.25) is 5.91 Å². The SMILES string of the molecule is COc1ccc(OCCCC(=O)NCCc2ccccc2OC)cc1. The Hall–Kier alpha value is -2.69. The number of para-hydroxylation sites is 1. The molecule has 0 spiro atoms. The zero-order valence-corrected chi connectivity index (χ0v) is 14.8. The highest BCUT2D eigenvalue weighted by Gasteiger charge is 2.04. The number of carbonyl (C=O) groups is 1. The molecule has 0 atom stereocenters. The molecule has 2 aromatic carbocycles. The molecular formula is C20H25NO4. The van der Waals surface area contributed by atoms with Crippen molar-refractivity contribution < 1.29 is 19.0 Å². The number of carbonyl (C=O) groups excluding carboxylic acids is 1. The van der Waals surface area contributed by atoms with Crippen molar-refractivity contribution in [1.82, 2.24) is 5.32 Å². The summed E-state index contributed by atoms with van der Waals surface area (Å²) in [6.45, 7) is 1.10. The molecule has 5 nitrogen and oxygen atoms in total. The Morgan fingerprint density at radius 1 is 0.960 bits per heavy atom. The molecule has 1 amide bonds. The highest BCUT2D eigenvalue weighted by atomic mass is 16.5. The molecule has 1 N–H and O–H groups in total. The maximum Gasteiger partial charge on any atom is 0.220 e. The number of amides is 1. The second-order valence-electron chi connectivity index (χ2n) is 5.54. The van der Waals surface area contributed by atoms with Crippen LogP contribution in [-0.2, 0) is 11.2 Å². The normalized spacial score (nSPS) is 10.2. The molecule has 134 valence electrons. The van der Waals surface area contributed by atoms with Crippen molar-refractivity contribution in [1.29, 1.82) is 0 Å². The van der Waals surface area contributed by atoms with Crippen LogP contribution in [0.3, 0.4) is 0 Å². The summed E-state index contributed by atoms with van der Waals surface area (Å²) in [7, 11) is 3.28. The summed E-state index contributed by atoms with van der Waals surface area (Å²) in [6.07, 6.45) is 1.87. The fourth-order valence-electron chi connectivity index (χ4n) is 2.43. The molecule has 0 saturated carbocycles. The minimum Gasteiger partial charge on any atom is -0.497 e. The highest BCUT2D eigenvalue weighted by Crippen LogP contribution is 2.18. The Morgan fingerprint density at radius 2 is 1.68 bits per heavy atom. The molecule has 25 heavy (non-hydrogen) atoms. The van der Waals surface area contributed by atoms with Crippen molar-refractivity contribution in [3.05, 3.63) is 54.1 Å². The van der Waals surface area contributed by atoms with Gasteiger partial charge in [-0.15, -0.1) is 0 Å². The van der Waals surface area contributed by atoms with E-state index in [0.29, 0.717) is 26.0 Å². The summed E-state index contributed by atoms with van der Waals surface area (Å²) in [6, 6.07) is 15.2. The molecule has 0 aliphatic carbocycles. The van der Waals surface area contributed by atoms with E-state index in [4.69, 9.17) is 14.2 Å². The summed E-state index contributed by atoms with van der Waals surface area (Å²) in [4.78, 5) is 11.9. The number of ether oxygens (including phenoxy) is 3. The molecule has 0 bridgehead atoms. The maximum atomic E-state index is 11.9. The minimum absolute atomic E-state index is 0.0354. The van der Waals surface area contributed by atoms with Gasteiger partial charge < -0.3 is 19.5 Å². The molecule has 5 heteroatoms. The van der Waals surface area contributed by atoms with Crippen molar-refractivity contribution >= 4 is 5.91 Å². The molecule has 2 rings (SSSR count). The minimum atomic E-state index is 0.0354. The van der Waals surface area contributed by atoms with Gasteiger partial charge in [0, 0.05) is 13.0 Å². The van der Waals surface area contributed by atoms with Crippen LogP contribution in [0.2, 0.25) is 0 Å². The zero-order valence-electron chi connectivity index (χ0n) is 14.8. The van der Waals surface area contributed by atoms with Gasteiger partial charge in [-0.3, -0.25) is 4.79 Å². The number of benzene rings is 2. The quantitative estimate of drug-likeness (QED) is 0.673. The van der Waals surface area contributed by atoms with E-state index in [-0.39, 0.29) is 5.91 Å². The summed E-state index contributed by atoms with van der Waals surface area (Å²) >= 11 is 0. The van der Waals surface area contributed by atoms with E-state index in [1.54, 1.807) is 14.2 Å². The fraction of sp³-hybridized carbons (Fsp3) is 0.350. The van der Waals surface area contributed by atoms with E-state index < -0.39 is 0 Å². The molecule has 0 heterocycles. The predicted molar refractivity (Wildman–Crippen MR) is 97.4 cm³/mol. The van der Waals surface area contributed by atoms with Crippen LogP contribution in [0.5, 0.6) is 17.2 Å². The summed E-state index contributed by atoms with van der Waals surface area (Å²) < 4.78 is 16.0. The van der Waals surface area contributed by atoms with Crippen LogP contribution in [0.15, 0.2) is 48.5 Å². The summed E-state index contributed by atoms with van der Waals surface area (Å²) in [5.74, 6) is 2.46. The Labute approximate surface area is 148 Å². The first kappa shape index (κ1) is 18.6. The van der Waals surface area contributed by atoms with E-state index in [9.17, 15) is 4.79 Å². The third-order valence-electron chi connectivity index (χ3n) is 3.79. The first-order valence-corrected chi connectivity index (χ1v) is 8.38. The van der Waals surface area contributed by atoms with Crippen LogP contribution < -0.4 is 19.5 Å². The second kappa shape index (κ2) is 10.2. The molecule has 0 fully saturated rings. The Bertz CT molecular complexity index is 655. The van der Waals surface area contributed by atoms with E-state index in [1.165, 1.54) is 0 Å². The van der Waals surface area contributed by atoms with Gasteiger partial charge in [0.05, 0.1) is 20.8 Å². The monoisotopic (exact) mass is 343 g/mol. The maximum absolute atomic E-state index is 11.9. The van der Waals surface area contributed by atoms with Gasteiger partial charge in [0.1, 0.15) is 17.2 Å². The van der Waals surface area contributed by atoms with Crippen molar-refractivity contribution in [2.24, 2.45) is 0 Å². The van der Waals surface area contributed by atoms with Gasteiger partial charge in [0.15, 0.2) is 0 Å². The molecule has 0 unspecified atom stereocenters. The lowest BCUT2D eigenvalue weighted by atomic mass is 10.1. The number of nitrogens with one attached hydrogen (secondary N) is 1. The highest BCUT2D eigenvalue weighted by molar-refractivity contribution is 5.75. The molecule has 2 aromatic rings. The zero-order chi connectivity index (χ0) is 17.9. The third kappa shape index (κ3) is 6.37. The van der Waals surface area contributed by atoms with Crippen LogP contribution in [0.4, 0.5) is 0 Å². The van der Waals surface area contributed by atoms with Crippen molar-refractivity contribution in [2.45, 2.75) is 19.3 Å². The largest absolute Gasteiger partial charge is 0.497 e. The van der Waals surface area contributed by atoms with Gasteiger partial charge in [-0.1, -0.05) is 18.2 Å². The smallest absolute Gasteiger partial charge is 0.220 e. The Morgan fingerprint density at radius 3 is 2.40 bits per heavy atom. The lowest BCUT2D eigenvalue weighted by Crippen LogP contribution is -2.25. The Balaban J connectivity index is 1.60. The van der Waals surface area contributed by atoms with Crippen LogP contribution in [-0.4, -0.2) is 33.3 Å². The van der Waals surface area contributed by atoms with Crippen LogP contribution in [0.1, 0.15) is 18.4 Å². The number of rotatable bonds is 10. The van der Waals surface area contributed by atoms with Gasteiger partial charge in [0.25, 0.3) is 0 Å². The lowest BCUT2D eigenvalue weighted by Gasteiger charge is -2.09. The first-order chi connectivity index (χ1) is 12.2. The predicted octanol–water partition coefficient (Wildman–Crippen LogP) is 3.22. The Kier molecular flexibility index (Phi) is 7.63. The first-order valence-electron chi connectivity index (χ1n) is 8.38. The van der Waals surface area contributed by atoms with Crippen LogP contribution in [0.25, 0.3) is 0 Å². The van der Waals surface area contributed by atoms with Gasteiger partial charge >= 0.3 is 0 Å². The number of hydrogen-bond acceptors (Lipinski definition) is 4. The number of methoxy groups -OCH3 is 2.